The largest absolute Gasteiger partial charge is 0.443 e. The standard InChI is InChI=1S/C14H24N2O3/c1-14(2,3)19-13(18)15-16(4)12(17)11-6-5-9-7-10(11)8-9/h9-11H,5-8H2,1-4H3,(H,15,18). The molecule has 0 saturated heterocycles. The molecule has 1 N–H and O–H groups in total. The van der Waals surface area contributed by atoms with Gasteiger partial charge in [-0.1, -0.05) is 0 Å². The number of carbonyl (C=O) groups is 2. The predicted molar refractivity (Wildman–Crippen MR) is 71.1 cm³/mol. The van der Waals surface area contributed by atoms with Crippen LogP contribution in [0, 0.1) is 17.8 Å². The number of rotatable bonds is 1. The van der Waals surface area contributed by atoms with Crippen molar-refractivity contribution < 1.29 is 14.3 Å². The van der Waals surface area contributed by atoms with Gasteiger partial charge in [0.25, 0.3) is 0 Å². The Morgan fingerprint density at radius 3 is 2.32 bits per heavy atom. The molecule has 3 aliphatic carbocycles. The van der Waals surface area contributed by atoms with Gasteiger partial charge >= 0.3 is 6.09 Å². The minimum Gasteiger partial charge on any atom is -0.443 e. The second kappa shape index (κ2) is 5.02. The predicted octanol–water partition coefficient (Wildman–Crippen LogP) is 2.32. The van der Waals surface area contributed by atoms with E-state index in [0.717, 1.165) is 18.8 Å². The van der Waals surface area contributed by atoms with E-state index in [-0.39, 0.29) is 11.8 Å². The van der Waals surface area contributed by atoms with Crippen LogP contribution in [0.4, 0.5) is 4.79 Å². The molecule has 19 heavy (non-hydrogen) atoms. The second-order valence-corrected chi connectivity index (χ2v) is 6.79. The zero-order valence-electron chi connectivity index (χ0n) is 12.2. The number of hydrogen-bond acceptors (Lipinski definition) is 3. The Labute approximate surface area is 114 Å². The zero-order chi connectivity index (χ0) is 14.2. The molecule has 0 radical (unpaired) electrons. The fraction of sp³-hybridized carbons (Fsp3) is 0.857. The molecule has 3 aliphatic rings. The lowest BCUT2D eigenvalue weighted by Gasteiger charge is -2.46. The van der Waals surface area contributed by atoms with Gasteiger partial charge in [-0.05, 0) is 58.3 Å². The number of ether oxygens (including phenoxy) is 1. The fourth-order valence-electron chi connectivity index (χ4n) is 3.07. The topological polar surface area (TPSA) is 58.6 Å². The van der Waals surface area contributed by atoms with Crippen LogP contribution < -0.4 is 5.43 Å². The molecule has 108 valence electrons. The quantitative estimate of drug-likeness (QED) is 0.742. The second-order valence-electron chi connectivity index (χ2n) is 6.79. The van der Waals surface area contributed by atoms with Gasteiger partial charge in [-0.25, -0.2) is 10.2 Å². The summed E-state index contributed by atoms with van der Waals surface area (Å²) < 4.78 is 5.14. The van der Waals surface area contributed by atoms with E-state index in [1.807, 2.05) is 0 Å². The summed E-state index contributed by atoms with van der Waals surface area (Å²) in [5, 5.41) is 1.29. The summed E-state index contributed by atoms with van der Waals surface area (Å²) in [7, 11) is 1.59. The van der Waals surface area contributed by atoms with E-state index in [1.165, 1.54) is 17.9 Å². The van der Waals surface area contributed by atoms with Crippen molar-refractivity contribution in [2.45, 2.75) is 52.1 Å². The van der Waals surface area contributed by atoms with E-state index in [9.17, 15) is 9.59 Å². The summed E-state index contributed by atoms with van der Waals surface area (Å²) in [6.07, 6.45) is 3.88. The smallest absolute Gasteiger partial charge is 0.426 e. The molecule has 0 aromatic heterocycles. The average molecular weight is 268 g/mol. The summed E-state index contributed by atoms with van der Waals surface area (Å²) in [5.74, 6) is 1.45. The molecule has 5 heteroatoms. The molecule has 1 unspecified atom stereocenters. The summed E-state index contributed by atoms with van der Waals surface area (Å²) in [6.45, 7) is 5.39. The zero-order valence-corrected chi connectivity index (χ0v) is 12.2. The molecule has 0 heterocycles. The Balaban J connectivity index is 1.83. The van der Waals surface area contributed by atoms with Crippen molar-refractivity contribution in [3.63, 3.8) is 0 Å². The molecule has 2 bridgehead atoms. The van der Waals surface area contributed by atoms with Crippen molar-refractivity contribution in [1.82, 2.24) is 10.4 Å². The van der Waals surface area contributed by atoms with Crippen LogP contribution in [-0.2, 0) is 9.53 Å². The number of fused-ring (bicyclic) bond motifs is 2. The van der Waals surface area contributed by atoms with Crippen LogP contribution in [0.2, 0.25) is 0 Å². The van der Waals surface area contributed by atoms with Gasteiger partial charge in [0.1, 0.15) is 5.60 Å². The van der Waals surface area contributed by atoms with Crippen LogP contribution in [0.15, 0.2) is 0 Å². The maximum absolute atomic E-state index is 12.3. The normalized spacial score (nSPS) is 29.2. The van der Waals surface area contributed by atoms with E-state index in [1.54, 1.807) is 27.8 Å². The van der Waals surface area contributed by atoms with Gasteiger partial charge < -0.3 is 4.74 Å². The van der Waals surface area contributed by atoms with Crippen LogP contribution in [0.1, 0.15) is 46.5 Å². The molecule has 0 spiro atoms. The summed E-state index contributed by atoms with van der Waals surface area (Å²) in [5.41, 5.74) is 1.94. The Morgan fingerprint density at radius 2 is 1.84 bits per heavy atom. The van der Waals surface area contributed by atoms with Crippen LogP contribution in [0.25, 0.3) is 0 Å². The number of amides is 2. The Kier molecular flexibility index (Phi) is 3.74. The lowest BCUT2D eigenvalue weighted by molar-refractivity contribution is -0.144. The third-order valence-electron chi connectivity index (χ3n) is 4.03. The van der Waals surface area contributed by atoms with Gasteiger partial charge in [-0.3, -0.25) is 9.80 Å². The lowest BCUT2D eigenvalue weighted by atomic mass is 9.60. The maximum atomic E-state index is 12.3. The summed E-state index contributed by atoms with van der Waals surface area (Å²) in [4.78, 5) is 23.9. The first-order valence-corrected chi connectivity index (χ1v) is 7.03. The van der Waals surface area contributed by atoms with Gasteiger partial charge in [0.05, 0.1) is 0 Å². The van der Waals surface area contributed by atoms with E-state index in [0.29, 0.717) is 5.92 Å². The highest BCUT2D eigenvalue weighted by atomic mass is 16.6. The molecule has 0 aromatic carbocycles. The SMILES string of the molecule is CN(NC(=O)OC(C)(C)C)C(=O)C1CCC2CC1C2. The number of hydrazine groups is 1. The van der Waals surface area contributed by atoms with Crippen LogP contribution in [-0.4, -0.2) is 29.7 Å². The number of nitrogens with one attached hydrogen (secondary N) is 1. The van der Waals surface area contributed by atoms with Gasteiger partial charge in [0.15, 0.2) is 0 Å². The van der Waals surface area contributed by atoms with Crippen molar-refractivity contribution >= 4 is 12.0 Å². The maximum Gasteiger partial charge on any atom is 0.426 e. The van der Waals surface area contributed by atoms with E-state index < -0.39 is 11.7 Å². The minimum atomic E-state index is -0.578. The molecule has 2 amide bonds. The Bertz CT molecular complexity index is 367. The molecule has 3 rings (SSSR count). The van der Waals surface area contributed by atoms with Gasteiger partial charge in [-0.2, -0.15) is 0 Å². The Morgan fingerprint density at radius 1 is 1.21 bits per heavy atom. The van der Waals surface area contributed by atoms with Gasteiger partial charge in [0, 0.05) is 13.0 Å². The summed E-state index contributed by atoms with van der Waals surface area (Å²) in [6, 6.07) is 0. The van der Waals surface area contributed by atoms with Crippen molar-refractivity contribution in [2.75, 3.05) is 7.05 Å². The van der Waals surface area contributed by atoms with Crippen LogP contribution in [0.3, 0.4) is 0 Å². The number of hydrogen-bond donors (Lipinski definition) is 1. The first kappa shape index (κ1) is 14.2. The van der Waals surface area contributed by atoms with Gasteiger partial charge in [0.2, 0.25) is 5.91 Å². The molecule has 0 aliphatic heterocycles. The van der Waals surface area contributed by atoms with E-state index >= 15 is 0 Å². The molecular weight excluding hydrogens is 244 g/mol. The van der Waals surface area contributed by atoms with E-state index in [4.69, 9.17) is 4.74 Å². The first-order valence-electron chi connectivity index (χ1n) is 7.03. The van der Waals surface area contributed by atoms with Gasteiger partial charge in [-0.15, -0.1) is 0 Å². The van der Waals surface area contributed by atoms with Crippen molar-refractivity contribution in [1.29, 1.82) is 0 Å². The monoisotopic (exact) mass is 268 g/mol. The highest BCUT2D eigenvalue weighted by Crippen LogP contribution is 2.49. The minimum absolute atomic E-state index is 0.00834. The highest BCUT2D eigenvalue weighted by Gasteiger charge is 2.44. The molecular formula is C14H24N2O3. The number of carbonyl (C=O) groups excluding carboxylic acids is 2. The van der Waals surface area contributed by atoms with Crippen molar-refractivity contribution in [3.05, 3.63) is 0 Å². The van der Waals surface area contributed by atoms with E-state index in [2.05, 4.69) is 5.43 Å². The molecule has 5 nitrogen and oxygen atoms in total. The lowest BCUT2D eigenvalue weighted by Crippen LogP contribution is -2.51. The first-order chi connectivity index (χ1) is 8.76. The summed E-state index contributed by atoms with van der Waals surface area (Å²) >= 11 is 0. The third-order valence-corrected chi connectivity index (χ3v) is 4.03. The highest BCUT2D eigenvalue weighted by molar-refractivity contribution is 5.81. The average Bonchev–Trinajstić information content (AvgIpc) is 2.24. The third kappa shape index (κ3) is 3.39. The molecule has 3 saturated carbocycles. The van der Waals surface area contributed by atoms with Crippen molar-refractivity contribution in [2.24, 2.45) is 17.8 Å². The van der Waals surface area contributed by atoms with Crippen molar-refractivity contribution in [3.8, 4) is 0 Å². The number of nitrogens with zero attached hydrogens (tertiary/aromatic N) is 1. The molecule has 3 fully saturated rings. The molecule has 0 aromatic rings. The Hall–Kier alpha value is -1.26. The molecule has 1 atom stereocenters. The van der Waals surface area contributed by atoms with Crippen LogP contribution >= 0.6 is 0 Å². The fourth-order valence-corrected chi connectivity index (χ4v) is 3.07. The van der Waals surface area contributed by atoms with Crippen LogP contribution in [0.5, 0.6) is 0 Å².